The van der Waals surface area contributed by atoms with Crippen molar-refractivity contribution in [3.8, 4) is 5.75 Å². The summed E-state index contributed by atoms with van der Waals surface area (Å²) < 4.78 is 12.5. The number of nitrogens with two attached hydrogens (primary N) is 1. The standard InChI is InChI=1S/C30H35NO7/c1-13-8-7-9-17-22(13)27(34)25-23(26(17)33)14(2)18-11-30(36,15(3)32)12-19(24(18)28(25)35)38-21-10-20(31)29(5,6)16(4)37-21/h7-9,16,19-21,35-36H,10-12,31H2,1-6H3. The van der Waals surface area contributed by atoms with Gasteiger partial charge in [-0.3, -0.25) is 14.4 Å². The van der Waals surface area contributed by atoms with E-state index in [1.807, 2.05) is 20.8 Å². The Bertz CT molecular complexity index is 1380. The average Bonchev–Trinajstić information content (AvgIpc) is 2.83. The highest BCUT2D eigenvalue weighted by atomic mass is 16.7. The third kappa shape index (κ3) is 3.77. The molecule has 3 aliphatic rings. The van der Waals surface area contributed by atoms with Gasteiger partial charge in [0, 0.05) is 53.0 Å². The van der Waals surface area contributed by atoms with Crippen molar-refractivity contribution in [2.45, 2.75) is 90.9 Å². The number of Topliss-reactive ketones (excluding diaryl/α,β-unsaturated/α-hetero) is 1. The number of aliphatic hydroxyl groups is 1. The maximum atomic E-state index is 13.7. The minimum Gasteiger partial charge on any atom is -0.507 e. The van der Waals surface area contributed by atoms with E-state index in [2.05, 4.69) is 0 Å². The molecule has 0 aromatic heterocycles. The van der Waals surface area contributed by atoms with Gasteiger partial charge in [-0.25, -0.2) is 0 Å². The van der Waals surface area contributed by atoms with Gasteiger partial charge in [0.05, 0.1) is 17.8 Å². The predicted octanol–water partition coefficient (Wildman–Crippen LogP) is 3.60. The number of ketones is 3. The molecule has 1 fully saturated rings. The largest absolute Gasteiger partial charge is 0.507 e. The Labute approximate surface area is 222 Å². The molecule has 1 saturated heterocycles. The van der Waals surface area contributed by atoms with Crippen molar-refractivity contribution in [1.29, 1.82) is 0 Å². The highest BCUT2D eigenvalue weighted by Crippen LogP contribution is 2.50. The molecule has 0 bridgehead atoms. The van der Waals surface area contributed by atoms with Crippen LogP contribution in [0, 0.1) is 19.3 Å². The predicted molar refractivity (Wildman–Crippen MR) is 139 cm³/mol. The minimum atomic E-state index is -1.78. The van der Waals surface area contributed by atoms with Gasteiger partial charge in [-0.1, -0.05) is 32.0 Å². The van der Waals surface area contributed by atoms with Gasteiger partial charge >= 0.3 is 0 Å². The molecule has 2 aromatic carbocycles. The van der Waals surface area contributed by atoms with Gasteiger partial charge in [0.15, 0.2) is 23.6 Å². The monoisotopic (exact) mass is 521 g/mol. The molecular weight excluding hydrogens is 486 g/mol. The number of aryl methyl sites for hydroxylation is 1. The molecule has 2 aromatic rings. The van der Waals surface area contributed by atoms with Crippen LogP contribution in [0.2, 0.25) is 0 Å². The molecule has 8 nitrogen and oxygen atoms in total. The molecule has 0 radical (unpaired) electrons. The van der Waals surface area contributed by atoms with Gasteiger partial charge in [-0.2, -0.15) is 0 Å². The van der Waals surface area contributed by atoms with E-state index >= 15 is 0 Å². The zero-order chi connectivity index (χ0) is 27.9. The summed E-state index contributed by atoms with van der Waals surface area (Å²) in [7, 11) is 0. The lowest BCUT2D eigenvalue weighted by Crippen LogP contribution is -2.54. The smallest absolute Gasteiger partial charge is 0.198 e. The quantitative estimate of drug-likeness (QED) is 0.476. The molecule has 0 spiro atoms. The second-order valence-corrected chi connectivity index (χ2v) is 11.7. The van der Waals surface area contributed by atoms with Crippen molar-refractivity contribution in [2.75, 3.05) is 0 Å². The second-order valence-electron chi connectivity index (χ2n) is 11.7. The van der Waals surface area contributed by atoms with Crippen LogP contribution in [0.1, 0.15) is 101 Å². The molecule has 5 atom stereocenters. The lowest BCUT2D eigenvalue weighted by Gasteiger charge is -2.46. The molecule has 1 aliphatic heterocycles. The summed E-state index contributed by atoms with van der Waals surface area (Å²) in [4.78, 5) is 40.0. The van der Waals surface area contributed by atoms with E-state index in [9.17, 15) is 24.6 Å². The molecule has 1 heterocycles. The topological polar surface area (TPSA) is 136 Å². The molecule has 2 aliphatic carbocycles. The van der Waals surface area contributed by atoms with Gasteiger partial charge in [0.25, 0.3) is 0 Å². The Balaban J connectivity index is 1.67. The number of carbonyl (C=O) groups excluding carboxylic acids is 3. The third-order valence-corrected chi connectivity index (χ3v) is 9.18. The normalized spacial score (nSPS) is 29.9. The molecule has 5 unspecified atom stereocenters. The number of aromatic hydroxyl groups is 1. The second kappa shape index (κ2) is 8.81. The van der Waals surface area contributed by atoms with E-state index in [0.29, 0.717) is 28.7 Å². The lowest BCUT2D eigenvalue weighted by atomic mass is 9.70. The van der Waals surface area contributed by atoms with Crippen LogP contribution in [0.25, 0.3) is 0 Å². The number of hydrogen-bond donors (Lipinski definition) is 3. The van der Waals surface area contributed by atoms with Crippen LogP contribution in [0.4, 0.5) is 0 Å². The van der Waals surface area contributed by atoms with Crippen molar-refractivity contribution < 1.29 is 34.1 Å². The van der Waals surface area contributed by atoms with Crippen molar-refractivity contribution in [3.05, 3.63) is 62.7 Å². The van der Waals surface area contributed by atoms with Crippen LogP contribution in [-0.2, 0) is 20.7 Å². The van der Waals surface area contributed by atoms with E-state index in [-0.39, 0.29) is 64.2 Å². The first-order valence-electron chi connectivity index (χ1n) is 13.1. The molecule has 4 N–H and O–H groups in total. The maximum absolute atomic E-state index is 13.7. The van der Waals surface area contributed by atoms with Gasteiger partial charge in [-0.05, 0) is 44.4 Å². The van der Waals surface area contributed by atoms with E-state index in [0.717, 1.165) is 0 Å². The molecule has 0 saturated carbocycles. The van der Waals surface area contributed by atoms with Crippen molar-refractivity contribution >= 4 is 17.3 Å². The Hall–Kier alpha value is -2.91. The molecule has 202 valence electrons. The molecule has 38 heavy (non-hydrogen) atoms. The number of phenolic OH excluding ortho intramolecular Hbond substituents is 1. The lowest BCUT2D eigenvalue weighted by molar-refractivity contribution is -0.251. The fraction of sp³-hybridized carbons (Fsp3) is 0.500. The Kier molecular flexibility index (Phi) is 6.19. The van der Waals surface area contributed by atoms with Gasteiger partial charge in [0.2, 0.25) is 0 Å². The summed E-state index contributed by atoms with van der Waals surface area (Å²) >= 11 is 0. The zero-order valence-electron chi connectivity index (χ0n) is 22.7. The van der Waals surface area contributed by atoms with Crippen LogP contribution < -0.4 is 5.73 Å². The van der Waals surface area contributed by atoms with E-state index < -0.39 is 29.6 Å². The van der Waals surface area contributed by atoms with E-state index in [4.69, 9.17) is 15.2 Å². The van der Waals surface area contributed by atoms with Crippen LogP contribution in [-0.4, -0.2) is 51.6 Å². The Morgan fingerprint density at radius 3 is 2.45 bits per heavy atom. The SMILES string of the molecule is CC(=O)C1(O)Cc2c(C)c3c(c(O)c2C(OC2CC(N)C(C)(C)C(C)O2)C1)C(=O)c1c(C)cccc1C3=O. The number of benzene rings is 2. The Morgan fingerprint density at radius 1 is 1.13 bits per heavy atom. The summed E-state index contributed by atoms with van der Waals surface area (Å²) in [5.74, 6) is -1.61. The van der Waals surface area contributed by atoms with Crippen LogP contribution in [0.3, 0.4) is 0 Å². The van der Waals surface area contributed by atoms with Crippen LogP contribution in [0.5, 0.6) is 5.75 Å². The minimum absolute atomic E-state index is 0.0642. The number of fused-ring (bicyclic) bond motifs is 3. The van der Waals surface area contributed by atoms with Crippen molar-refractivity contribution in [3.63, 3.8) is 0 Å². The van der Waals surface area contributed by atoms with Gasteiger partial charge < -0.3 is 25.4 Å². The number of carbonyl (C=O) groups is 3. The molecule has 5 rings (SSSR count). The zero-order valence-corrected chi connectivity index (χ0v) is 22.7. The summed E-state index contributed by atoms with van der Waals surface area (Å²) in [6.07, 6.45) is -1.83. The van der Waals surface area contributed by atoms with Gasteiger partial charge in [-0.15, -0.1) is 0 Å². The fourth-order valence-electron chi connectivity index (χ4n) is 6.13. The molecule has 8 heteroatoms. The summed E-state index contributed by atoms with van der Waals surface area (Å²) in [6, 6.07) is 4.84. The van der Waals surface area contributed by atoms with E-state index in [1.54, 1.807) is 32.0 Å². The van der Waals surface area contributed by atoms with Crippen LogP contribution in [0.15, 0.2) is 18.2 Å². The Morgan fingerprint density at radius 2 is 1.82 bits per heavy atom. The molecule has 0 amide bonds. The van der Waals surface area contributed by atoms with Crippen molar-refractivity contribution in [1.82, 2.24) is 0 Å². The first-order chi connectivity index (χ1) is 17.7. The van der Waals surface area contributed by atoms with Crippen LogP contribution >= 0.6 is 0 Å². The van der Waals surface area contributed by atoms with Gasteiger partial charge in [0.1, 0.15) is 11.4 Å². The number of hydrogen-bond acceptors (Lipinski definition) is 8. The number of phenols is 1. The highest BCUT2D eigenvalue weighted by molar-refractivity contribution is 6.30. The first kappa shape index (κ1) is 26.7. The third-order valence-electron chi connectivity index (χ3n) is 9.18. The maximum Gasteiger partial charge on any atom is 0.198 e. The molecular formula is C30H35NO7. The average molecular weight is 522 g/mol. The highest BCUT2D eigenvalue weighted by Gasteiger charge is 2.49. The number of rotatable bonds is 3. The number of ether oxygens (including phenoxy) is 2. The van der Waals surface area contributed by atoms with E-state index in [1.165, 1.54) is 6.92 Å². The summed E-state index contributed by atoms with van der Waals surface area (Å²) in [6.45, 7) is 10.7. The van der Waals surface area contributed by atoms with Crippen molar-refractivity contribution in [2.24, 2.45) is 11.1 Å². The summed E-state index contributed by atoms with van der Waals surface area (Å²) in [5, 5.41) is 23.0. The summed E-state index contributed by atoms with van der Waals surface area (Å²) in [5.41, 5.74) is 6.77. The fourth-order valence-corrected chi connectivity index (χ4v) is 6.13. The first-order valence-corrected chi connectivity index (χ1v) is 13.1.